The largest absolute Gasteiger partial charge is 0.174 e. The molecule has 0 aliphatic heterocycles. The number of hydrogen-bond acceptors (Lipinski definition) is 4. The van der Waals surface area contributed by atoms with Gasteiger partial charge >= 0.3 is 0 Å². The van der Waals surface area contributed by atoms with Crippen LogP contribution in [0.5, 0.6) is 0 Å². The number of aromatic nitrogens is 2. The molecule has 0 aliphatic carbocycles. The molecule has 1 aromatic carbocycles. The SMILES string of the molecule is Cc1cc(C)cc(CSc2nncs2)c1. The number of rotatable bonds is 3. The van der Waals surface area contributed by atoms with E-state index >= 15 is 0 Å². The van der Waals surface area contributed by atoms with Gasteiger partial charge in [0.1, 0.15) is 5.51 Å². The molecule has 2 rings (SSSR count). The molecule has 78 valence electrons. The van der Waals surface area contributed by atoms with Crippen LogP contribution in [0, 0.1) is 13.8 Å². The van der Waals surface area contributed by atoms with E-state index in [1.807, 2.05) is 0 Å². The normalized spacial score (nSPS) is 10.5. The molecule has 1 aromatic heterocycles. The standard InChI is InChI=1S/C11H12N2S2/c1-8-3-9(2)5-10(4-8)6-14-11-13-12-7-15-11/h3-5,7H,6H2,1-2H3. The Labute approximate surface area is 97.8 Å². The summed E-state index contributed by atoms with van der Waals surface area (Å²) in [7, 11) is 0. The molecule has 0 saturated carbocycles. The summed E-state index contributed by atoms with van der Waals surface area (Å²) in [5, 5.41) is 7.82. The summed E-state index contributed by atoms with van der Waals surface area (Å²) < 4.78 is 1.04. The Morgan fingerprint density at radius 3 is 2.53 bits per heavy atom. The van der Waals surface area contributed by atoms with E-state index < -0.39 is 0 Å². The lowest BCUT2D eigenvalue weighted by molar-refractivity contribution is 1.01. The topological polar surface area (TPSA) is 25.8 Å². The highest BCUT2D eigenvalue weighted by molar-refractivity contribution is 8.00. The van der Waals surface area contributed by atoms with Crippen LogP contribution < -0.4 is 0 Å². The maximum absolute atomic E-state index is 4.01. The minimum atomic E-state index is 0.970. The first-order valence-corrected chi connectivity index (χ1v) is 6.57. The Bertz CT molecular complexity index is 418. The Kier molecular flexibility index (Phi) is 3.38. The van der Waals surface area contributed by atoms with Crippen LogP contribution in [0.3, 0.4) is 0 Å². The summed E-state index contributed by atoms with van der Waals surface area (Å²) in [6, 6.07) is 6.64. The molecule has 0 fully saturated rings. The lowest BCUT2D eigenvalue weighted by atomic mass is 10.1. The van der Waals surface area contributed by atoms with Crippen molar-refractivity contribution < 1.29 is 0 Å². The summed E-state index contributed by atoms with van der Waals surface area (Å²) in [6.45, 7) is 4.26. The van der Waals surface area contributed by atoms with E-state index in [4.69, 9.17) is 0 Å². The smallest absolute Gasteiger partial charge is 0.146 e. The van der Waals surface area contributed by atoms with Crippen LogP contribution in [-0.4, -0.2) is 10.2 Å². The average Bonchev–Trinajstić information content (AvgIpc) is 2.65. The maximum atomic E-state index is 4.01. The maximum Gasteiger partial charge on any atom is 0.174 e. The summed E-state index contributed by atoms with van der Waals surface area (Å²) in [6.07, 6.45) is 0. The molecule has 2 nitrogen and oxygen atoms in total. The molecule has 15 heavy (non-hydrogen) atoms. The van der Waals surface area contributed by atoms with Crippen molar-refractivity contribution in [3.63, 3.8) is 0 Å². The van der Waals surface area contributed by atoms with Crippen LogP contribution >= 0.6 is 23.1 Å². The van der Waals surface area contributed by atoms with Gasteiger partial charge in [-0.25, -0.2) is 0 Å². The fraction of sp³-hybridized carbons (Fsp3) is 0.273. The Hall–Kier alpha value is -0.870. The number of aryl methyl sites for hydroxylation is 2. The van der Waals surface area contributed by atoms with Gasteiger partial charge in [0, 0.05) is 5.75 Å². The molecule has 0 radical (unpaired) electrons. The molecule has 0 bridgehead atoms. The van der Waals surface area contributed by atoms with Crippen LogP contribution in [0.1, 0.15) is 16.7 Å². The number of hydrogen-bond donors (Lipinski definition) is 0. The monoisotopic (exact) mass is 236 g/mol. The molecule has 0 unspecified atom stereocenters. The van der Waals surface area contributed by atoms with Crippen LogP contribution in [-0.2, 0) is 5.75 Å². The molecule has 0 amide bonds. The molecule has 4 heteroatoms. The first kappa shape index (κ1) is 10.6. The Morgan fingerprint density at radius 2 is 1.93 bits per heavy atom. The van der Waals surface area contributed by atoms with Gasteiger partial charge in [0.15, 0.2) is 4.34 Å². The van der Waals surface area contributed by atoms with Gasteiger partial charge in [0.2, 0.25) is 0 Å². The van der Waals surface area contributed by atoms with E-state index in [-0.39, 0.29) is 0 Å². The third kappa shape index (κ3) is 3.04. The lowest BCUT2D eigenvalue weighted by Gasteiger charge is -2.02. The minimum absolute atomic E-state index is 0.970. The fourth-order valence-electron chi connectivity index (χ4n) is 1.52. The van der Waals surface area contributed by atoms with E-state index in [9.17, 15) is 0 Å². The van der Waals surface area contributed by atoms with E-state index in [0.29, 0.717) is 0 Å². The van der Waals surface area contributed by atoms with Crippen molar-refractivity contribution in [3.05, 3.63) is 40.4 Å². The van der Waals surface area contributed by atoms with Crippen molar-refractivity contribution in [2.75, 3.05) is 0 Å². The summed E-state index contributed by atoms with van der Waals surface area (Å²) in [5.41, 5.74) is 5.77. The van der Waals surface area contributed by atoms with Gasteiger partial charge in [-0.15, -0.1) is 10.2 Å². The molecule has 0 spiro atoms. The highest BCUT2D eigenvalue weighted by Crippen LogP contribution is 2.24. The molecular weight excluding hydrogens is 224 g/mol. The van der Waals surface area contributed by atoms with E-state index in [1.165, 1.54) is 16.7 Å². The minimum Gasteiger partial charge on any atom is -0.146 e. The second-order valence-electron chi connectivity index (χ2n) is 3.49. The van der Waals surface area contributed by atoms with E-state index in [1.54, 1.807) is 28.6 Å². The van der Waals surface area contributed by atoms with Gasteiger partial charge in [-0.05, 0) is 19.4 Å². The van der Waals surface area contributed by atoms with Crippen LogP contribution in [0.4, 0.5) is 0 Å². The van der Waals surface area contributed by atoms with Crippen molar-refractivity contribution in [1.82, 2.24) is 10.2 Å². The third-order valence-corrected chi connectivity index (χ3v) is 3.92. The van der Waals surface area contributed by atoms with Crippen molar-refractivity contribution in [3.8, 4) is 0 Å². The number of nitrogens with zero attached hydrogens (tertiary/aromatic N) is 2. The van der Waals surface area contributed by atoms with Gasteiger partial charge in [-0.2, -0.15) is 0 Å². The van der Waals surface area contributed by atoms with Crippen molar-refractivity contribution >= 4 is 23.1 Å². The molecular formula is C11H12N2S2. The Balaban J connectivity index is 2.05. The van der Waals surface area contributed by atoms with Gasteiger partial charge < -0.3 is 0 Å². The third-order valence-electron chi connectivity index (χ3n) is 1.98. The van der Waals surface area contributed by atoms with E-state index in [0.717, 1.165) is 10.1 Å². The zero-order chi connectivity index (χ0) is 10.7. The van der Waals surface area contributed by atoms with Crippen LogP contribution in [0.15, 0.2) is 28.0 Å². The van der Waals surface area contributed by atoms with Gasteiger partial charge in [-0.1, -0.05) is 52.4 Å². The fourth-order valence-corrected chi connectivity index (χ4v) is 2.94. The highest BCUT2D eigenvalue weighted by atomic mass is 32.2. The summed E-state index contributed by atoms with van der Waals surface area (Å²) in [4.78, 5) is 0. The zero-order valence-electron chi connectivity index (χ0n) is 8.73. The predicted molar refractivity (Wildman–Crippen MR) is 65.4 cm³/mol. The quantitative estimate of drug-likeness (QED) is 0.763. The second kappa shape index (κ2) is 4.77. The van der Waals surface area contributed by atoms with Crippen LogP contribution in [0.2, 0.25) is 0 Å². The predicted octanol–water partition coefficient (Wildman–Crippen LogP) is 3.45. The average molecular weight is 236 g/mol. The Morgan fingerprint density at radius 1 is 1.20 bits per heavy atom. The van der Waals surface area contributed by atoms with Crippen LogP contribution in [0.25, 0.3) is 0 Å². The second-order valence-corrected chi connectivity index (χ2v) is 5.54. The molecule has 0 N–H and O–H groups in total. The van der Waals surface area contributed by atoms with Gasteiger partial charge in [0.05, 0.1) is 0 Å². The number of benzene rings is 1. The molecule has 0 aliphatic rings. The van der Waals surface area contributed by atoms with Gasteiger partial charge in [0.25, 0.3) is 0 Å². The zero-order valence-corrected chi connectivity index (χ0v) is 10.4. The first-order chi connectivity index (χ1) is 7.24. The summed E-state index contributed by atoms with van der Waals surface area (Å²) >= 11 is 3.33. The summed E-state index contributed by atoms with van der Waals surface area (Å²) in [5.74, 6) is 0.970. The molecule has 0 saturated heterocycles. The molecule has 2 aromatic rings. The molecule has 1 heterocycles. The lowest BCUT2D eigenvalue weighted by Crippen LogP contribution is -1.85. The molecule has 0 atom stereocenters. The highest BCUT2D eigenvalue weighted by Gasteiger charge is 2.00. The van der Waals surface area contributed by atoms with Crippen molar-refractivity contribution in [2.45, 2.75) is 23.9 Å². The van der Waals surface area contributed by atoms with Crippen molar-refractivity contribution in [1.29, 1.82) is 0 Å². The number of thioether (sulfide) groups is 1. The first-order valence-electron chi connectivity index (χ1n) is 4.70. The van der Waals surface area contributed by atoms with Crippen molar-refractivity contribution in [2.24, 2.45) is 0 Å². The van der Waals surface area contributed by atoms with Gasteiger partial charge in [-0.3, -0.25) is 0 Å². The van der Waals surface area contributed by atoms with E-state index in [2.05, 4.69) is 42.2 Å².